The molecule has 1 aromatic rings. The van der Waals surface area contributed by atoms with E-state index in [1.165, 1.54) is 14.0 Å². The molecule has 5 rings (SSSR count). The van der Waals surface area contributed by atoms with E-state index >= 15 is 0 Å². The largest absolute Gasteiger partial charge is 0.497 e. The van der Waals surface area contributed by atoms with Crippen molar-refractivity contribution >= 4 is 17.6 Å². The second-order valence-corrected chi connectivity index (χ2v) is 8.94. The molecule has 0 unspecified atom stereocenters. The van der Waals surface area contributed by atoms with Crippen molar-refractivity contribution in [1.29, 1.82) is 0 Å². The second-order valence-electron chi connectivity index (χ2n) is 8.94. The summed E-state index contributed by atoms with van der Waals surface area (Å²) in [6.07, 6.45) is 5.24. The molecule has 7 nitrogen and oxygen atoms in total. The Balaban J connectivity index is 1.78. The van der Waals surface area contributed by atoms with Gasteiger partial charge in [0, 0.05) is 48.9 Å². The summed E-state index contributed by atoms with van der Waals surface area (Å²) in [6, 6.07) is 6.13. The zero-order chi connectivity index (χ0) is 22.0. The fraction of sp³-hybridized carbons (Fsp3) is 0.500. The number of carbonyl (C=O) groups excluding carboxylic acids is 2. The van der Waals surface area contributed by atoms with Crippen LogP contribution in [0, 0.1) is 5.41 Å². The van der Waals surface area contributed by atoms with Gasteiger partial charge in [0.1, 0.15) is 11.9 Å². The summed E-state index contributed by atoms with van der Waals surface area (Å²) in [5, 5.41) is 3.57. The van der Waals surface area contributed by atoms with E-state index in [1.807, 2.05) is 19.1 Å². The van der Waals surface area contributed by atoms with Crippen molar-refractivity contribution in [2.24, 2.45) is 5.41 Å². The van der Waals surface area contributed by atoms with E-state index in [0.717, 1.165) is 42.2 Å². The number of ether oxygens (including phenoxy) is 3. The number of anilines is 1. The standard InChI is InChI=1S/C24H28N2O5/c1-14(31-15(2)27)23-8-5-10-26-11-9-24(22(23)26)18-7-6-16(29-3)12-19(18)25-20(24)17(13-23)21(28)30-4/h5-8,12,14,22,25H,9-11,13H2,1-4H3/t14-,22+,23+,24+/m1/s1. The minimum absolute atomic E-state index is 0.0601. The van der Waals surface area contributed by atoms with E-state index in [9.17, 15) is 9.59 Å². The van der Waals surface area contributed by atoms with Crippen molar-refractivity contribution in [3.8, 4) is 5.75 Å². The van der Waals surface area contributed by atoms with Gasteiger partial charge in [0.15, 0.2) is 0 Å². The van der Waals surface area contributed by atoms with Gasteiger partial charge >= 0.3 is 11.9 Å². The van der Waals surface area contributed by atoms with Crippen LogP contribution in [0.3, 0.4) is 0 Å². The van der Waals surface area contributed by atoms with Gasteiger partial charge in [0.2, 0.25) is 0 Å². The van der Waals surface area contributed by atoms with E-state index in [0.29, 0.717) is 12.0 Å². The highest BCUT2D eigenvalue weighted by Gasteiger charge is 2.67. The lowest BCUT2D eigenvalue weighted by atomic mass is 9.54. The Morgan fingerprint density at radius 2 is 2.10 bits per heavy atom. The van der Waals surface area contributed by atoms with Gasteiger partial charge in [0.25, 0.3) is 0 Å². The number of hydrogen-bond donors (Lipinski definition) is 1. The molecule has 1 spiro atoms. The van der Waals surface area contributed by atoms with E-state index < -0.39 is 16.9 Å². The van der Waals surface area contributed by atoms with Gasteiger partial charge in [-0.2, -0.15) is 0 Å². The molecular formula is C24H28N2O5. The van der Waals surface area contributed by atoms with Crippen molar-refractivity contribution < 1.29 is 23.8 Å². The molecule has 0 radical (unpaired) electrons. The first-order chi connectivity index (χ1) is 14.9. The van der Waals surface area contributed by atoms with E-state index in [-0.39, 0.29) is 18.0 Å². The Labute approximate surface area is 182 Å². The second kappa shape index (κ2) is 6.85. The fourth-order valence-corrected chi connectivity index (χ4v) is 6.51. The van der Waals surface area contributed by atoms with Crippen molar-refractivity contribution in [1.82, 2.24) is 4.90 Å². The maximum Gasteiger partial charge on any atom is 0.335 e. The SMILES string of the molecule is COC(=O)C1=C2Nc3cc(OC)ccc3[C@@]23CCN2CC=C[C@@]([C@@H](C)OC(C)=O)(C1)[C@H]23. The van der Waals surface area contributed by atoms with Gasteiger partial charge in [-0.3, -0.25) is 9.69 Å². The van der Waals surface area contributed by atoms with Crippen LogP contribution in [0.2, 0.25) is 0 Å². The van der Waals surface area contributed by atoms with Crippen LogP contribution in [0.5, 0.6) is 5.75 Å². The molecule has 1 N–H and O–H groups in total. The van der Waals surface area contributed by atoms with Crippen LogP contribution in [0.4, 0.5) is 5.69 Å². The molecule has 0 saturated carbocycles. The number of carbonyl (C=O) groups is 2. The first kappa shape index (κ1) is 20.1. The lowest BCUT2D eigenvalue weighted by molar-refractivity contribution is -0.154. The highest BCUT2D eigenvalue weighted by Crippen LogP contribution is 2.64. The maximum absolute atomic E-state index is 13.0. The van der Waals surface area contributed by atoms with Crippen LogP contribution in [0.25, 0.3) is 0 Å². The Hall–Kier alpha value is -2.80. The lowest BCUT2D eigenvalue weighted by Gasteiger charge is -2.55. The molecule has 7 heteroatoms. The molecule has 31 heavy (non-hydrogen) atoms. The Morgan fingerprint density at radius 3 is 2.81 bits per heavy atom. The van der Waals surface area contributed by atoms with Crippen LogP contribution in [-0.2, 0) is 24.5 Å². The van der Waals surface area contributed by atoms with Crippen molar-refractivity contribution in [3.05, 3.63) is 47.2 Å². The van der Waals surface area contributed by atoms with E-state index in [1.54, 1.807) is 7.11 Å². The maximum atomic E-state index is 13.0. The average Bonchev–Trinajstić information content (AvgIpc) is 3.31. The quantitative estimate of drug-likeness (QED) is 0.588. The number of esters is 2. The monoisotopic (exact) mass is 424 g/mol. The zero-order valence-corrected chi connectivity index (χ0v) is 18.4. The minimum atomic E-state index is -0.531. The van der Waals surface area contributed by atoms with Gasteiger partial charge in [-0.25, -0.2) is 4.79 Å². The number of benzene rings is 1. The first-order valence-corrected chi connectivity index (χ1v) is 10.7. The molecule has 4 aliphatic rings. The highest BCUT2D eigenvalue weighted by atomic mass is 16.5. The van der Waals surface area contributed by atoms with Crippen molar-refractivity contribution in [2.75, 3.05) is 32.6 Å². The van der Waals surface area contributed by atoms with Gasteiger partial charge in [-0.1, -0.05) is 18.2 Å². The van der Waals surface area contributed by atoms with Gasteiger partial charge in [-0.05, 0) is 31.4 Å². The Bertz CT molecular complexity index is 1030. The topological polar surface area (TPSA) is 77.1 Å². The van der Waals surface area contributed by atoms with Gasteiger partial charge in [0.05, 0.1) is 25.2 Å². The number of nitrogens with zero attached hydrogens (tertiary/aromatic N) is 1. The Morgan fingerprint density at radius 1 is 1.29 bits per heavy atom. The molecule has 3 heterocycles. The minimum Gasteiger partial charge on any atom is -0.497 e. The first-order valence-electron chi connectivity index (χ1n) is 10.7. The molecule has 1 saturated heterocycles. The molecule has 4 atom stereocenters. The Kier molecular flexibility index (Phi) is 4.45. The van der Waals surface area contributed by atoms with Crippen LogP contribution in [-0.4, -0.2) is 56.3 Å². The summed E-state index contributed by atoms with van der Waals surface area (Å²) in [4.78, 5) is 27.4. The zero-order valence-electron chi connectivity index (χ0n) is 18.4. The fourth-order valence-electron chi connectivity index (χ4n) is 6.51. The number of methoxy groups -OCH3 is 2. The number of nitrogens with one attached hydrogen (secondary N) is 1. The third-order valence-electron chi connectivity index (χ3n) is 7.63. The summed E-state index contributed by atoms with van der Waals surface area (Å²) in [5.74, 6) is 0.106. The predicted molar refractivity (Wildman–Crippen MR) is 115 cm³/mol. The van der Waals surface area contributed by atoms with Gasteiger partial charge in [-0.15, -0.1) is 0 Å². The summed E-state index contributed by atoms with van der Waals surface area (Å²) in [6.45, 7) is 5.12. The molecule has 0 bridgehead atoms. The molecular weight excluding hydrogens is 396 g/mol. The molecule has 0 amide bonds. The lowest BCUT2D eigenvalue weighted by Crippen LogP contribution is -2.62. The molecule has 3 aliphatic heterocycles. The summed E-state index contributed by atoms with van der Waals surface area (Å²) in [7, 11) is 3.07. The van der Waals surface area contributed by atoms with E-state index in [4.69, 9.17) is 14.2 Å². The number of hydrogen-bond acceptors (Lipinski definition) is 7. The molecule has 1 aliphatic carbocycles. The average molecular weight is 424 g/mol. The molecule has 164 valence electrons. The summed E-state index contributed by atoms with van der Waals surface area (Å²) >= 11 is 0. The van der Waals surface area contributed by atoms with Crippen LogP contribution >= 0.6 is 0 Å². The molecule has 0 aromatic heterocycles. The van der Waals surface area contributed by atoms with Crippen molar-refractivity contribution in [2.45, 2.75) is 44.2 Å². The smallest absolute Gasteiger partial charge is 0.335 e. The summed E-state index contributed by atoms with van der Waals surface area (Å²) < 4.78 is 16.4. The molecule has 1 aromatic carbocycles. The number of fused-ring (bicyclic) bond motifs is 1. The van der Waals surface area contributed by atoms with Crippen LogP contribution < -0.4 is 10.1 Å². The normalized spacial score (nSPS) is 31.3. The van der Waals surface area contributed by atoms with Gasteiger partial charge < -0.3 is 19.5 Å². The molecule has 1 fully saturated rings. The van der Waals surface area contributed by atoms with Crippen LogP contribution in [0.15, 0.2) is 41.6 Å². The third kappa shape index (κ3) is 2.56. The highest BCUT2D eigenvalue weighted by molar-refractivity contribution is 5.93. The summed E-state index contributed by atoms with van der Waals surface area (Å²) in [5.41, 5.74) is 2.74. The van der Waals surface area contributed by atoms with Crippen LogP contribution in [0.1, 0.15) is 32.3 Å². The number of rotatable bonds is 4. The van der Waals surface area contributed by atoms with Crippen molar-refractivity contribution in [3.63, 3.8) is 0 Å². The van der Waals surface area contributed by atoms with E-state index in [2.05, 4.69) is 28.4 Å². The third-order valence-corrected chi connectivity index (χ3v) is 7.63. The predicted octanol–water partition coefficient (Wildman–Crippen LogP) is 2.77.